The SMILES string of the molecule is CC(C)[C@H](OC(=O)[C@H](N)[C@H](C)OCc1ccccc1)[C@H](NC(=O)OCC(Cl)(Cl)Cl)C(=O)N1[C@@H](C(=O)N(OCc2ccccc2)[C@@H](C)C(=O)N(C)[C@H](C)C(=O)N2CCC[C@H]2C(=O)O)CCCN1C(=O)OCc1ccccc1. The molecule has 2 heterocycles. The Bertz CT molecular complexity index is 2460. The Hall–Kier alpha value is -6.23. The molecule has 3 aromatic rings. The summed E-state index contributed by atoms with van der Waals surface area (Å²) in [5.41, 5.74) is 8.33. The molecule has 0 unspecified atom stereocenters. The average molecular weight is 1120 g/mol. The van der Waals surface area contributed by atoms with E-state index in [1.165, 1.54) is 25.8 Å². The Morgan fingerprint density at radius 2 is 1.28 bits per heavy atom. The predicted molar refractivity (Wildman–Crippen MR) is 277 cm³/mol. The fourth-order valence-corrected chi connectivity index (χ4v) is 8.62. The summed E-state index contributed by atoms with van der Waals surface area (Å²) in [5.74, 6) is -6.75. The average Bonchev–Trinajstić information content (AvgIpc) is 3.92. The predicted octanol–water partition coefficient (Wildman–Crippen LogP) is 5.77. The molecular weight excluding hydrogens is 1050 g/mol. The molecular formula is C52H66Cl3N7O14. The lowest BCUT2D eigenvalue weighted by molar-refractivity contribution is -0.219. The van der Waals surface area contributed by atoms with E-state index >= 15 is 9.59 Å². The topological polar surface area (TPSA) is 257 Å². The van der Waals surface area contributed by atoms with Gasteiger partial charge in [-0.3, -0.25) is 28.8 Å². The van der Waals surface area contributed by atoms with Crippen LogP contribution in [0.4, 0.5) is 9.59 Å². The summed E-state index contributed by atoms with van der Waals surface area (Å²) in [6, 6.07) is 17.3. The largest absolute Gasteiger partial charge is 0.480 e. The number of nitrogens with zero attached hydrogens (tertiary/aromatic N) is 5. The van der Waals surface area contributed by atoms with Crippen LogP contribution in [-0.4, -0.2) is 157 Å². The van der Waals surface area contributed by atoms with E-state index in [4.69, 9.17) is 64.3 Å². The summed E-state index contributed by atoms with van der Waals surface area (Å²) in [6.45, 7) is 6.09. The molecule has 0 aromatic heterocycles. The second kappa shape index (κ2) is 28.2. The maximum Gasteiger partial charge on any atom is 0.429 e. The molecule has 76 heavy (non-hydrogen) atoms. The van der Waals surface area contributed by atoms with Crippen molar-refractivity contribution in [1.29, 1.82) is 0 Å². The van der Waals surface area contributed by atoms with Gasteiger partial charge in [-0.25, -0.2) is 29.5 Å². The summed E-state index contributed by atoms with van der Waals surface area (Å²) < 4.78 is 20.7. The van der Waals surface area contributed by atoms with Crippen molar-refractivity contribution in [1.82, 2.24) is 30.2 Å². The first-order valence-electron chi connectivity index (χ1n) is 24.7. The number of hydroxylamine groups is 2. The van der Waals surface area contributed by atoms with Crippen LogP contribution in [0.3, 0.4) is 0 Å². The number of alkyl carbamates (subject to hydrolysis) is 1. The van der Waals surface area contributed by atoms with Crippen LogP contribution in [-0.2, 0) is 72.4 Å². The number of ether oxygens (including phenoxy) is 4. The Morgan fingerprint density at radius 3 is 1.83 bits per heavy atom. The van der Waals surface area contributed by atoms with Gasteiger partial charge in [-0.1, -0.05) is 140 Å². The number of amides is 6. The van der Waals surface area contributed by atoms with Crippen molar-refractivity contribution in [3.63, 3.8) is 0 Å². The zero-order valence-corrected chi connectivity index (χ0v) is 45.4. The number of esters is 1. The lowest BCUT2D eigenvalue weighted by Crippen LogP contribution is -2.68. The number of aliphatic carboxylic acids is 1. The van der Waals surface area contributed by atoms with Gasteiger partial charge in [-0.05, 0) is 69.1 Å². The third-order valence-corrected chi connectivity index (χ3v) is 13.2. The highest BCUT2D eigenvalue weighted by molar-refractivity contribution is 6.67. The van der Waals surface area contributed by atoms with E-state index < -0.39 is 113 Å². The Balaban J connectivity index is 1.56. The van der Waals surface area contributed by atoms with Gasteiger partial charge in [-0.15, -0.1) is 0 Å². The molecule has 2 saturated heterocycles. The number of hydrazine groups is 1. The fourth-order valence-electron chi connectivity index (χ4n) is 8.46. The Labute approximate surface area is 456 Å². The number of benzene rings is 3. The van der Waals surface area contributed by atoms with Gasteiger partial charge in [-0.2, -0.15) is 0 Å². The minimum absolute atomic E-state index is 0.0726. The molecule has 5 rings (SSSR count). The summed E-state index contributed by atoms with van der Waals surface area (Å²) >= 11 is 17.7. The summed E-state index contributed by atoms with van der Waals surface area (Å²) in [7, 11) is 1.32. The number of carboxylic acid groups (broad SMARTS) is 1. The molecule has 21 nitrogen and oxygen atoms in total. The van der Waals surface area contributed by atoms with Crippen LogP contribution in [0.5, 0.6) is 0 Å². The van der Waals surface area contributed by atoms with Crippen LogP contribution >= 0.6 is 34.8 Å². The first-order valence-corrected chi connectivity index (χ1v) is 25.9. The fraction of sp³-hybridized carbons (Fsp3) is 0.500. The van der Waals surface area contributed by atoms with Gasteiger partial charge >= 0.3 is 24.1 Å². The molecule has 2 aliphatic rings. The van der Waals surface area contributed by atoms with Crippen molar-refractivity contribution in [2.75, 3.05) is 26.7 Å². The Morgan fingerprint density at radius 1 is 0.737 bits per heavy atom. The monoisotopic (exact) mass is 1120 g/mol. The van der Waals surface area contributed by atoms with Crippen molar-refractivity contribution in [3.05, 3.63) is 108 Å². The number of carboxylic acids is 1. The molecule has 2 fully saturated rings. The van der Waals surface area contributed by atoms with Crippen molar-refractivity contribution >= 4 is 82.6 Å². The van der Waals surface area contributed by atoms with Crippen LogP contribution < -0.4 is 11.1 Å². The molecule has 0 radical (unpaired) electrons. The van der Waals surface area contributed by atoms with Crippen molar-refractivity contribution in [2.24, 2.45) is 11.7 Å². The zero-order chi connectivity index (χ0) is 55.9. The number of nitrogens with two attached hydrogens (primary N) is 1. The second-order valence-electron chi connectivity index (χ2n) is 18.7. The minimum Gasteiger partial charge on any atom is -0.480 e. The van der Waals surface area contributed by atoms with Gasteiger partial charge in [0, 0.05) is 20.1 Å². The van der Waals surface area contributed by atoms with Gasteiger partial charge in [0.15, 0.2) is 6.04 Å². The van der Waals surface area contributed by atoms with E-state index in [9.17, 15) is 33.9 Å². The van der Waals surface area contributed by atoms with E-state index in [0.717, 1.165) is 25.5 Å². The number of likely N-dealkylation sites (N-methyl/N-ethyl adjacent to an activating group) is 1. The number of hydrogen-bond donors (Lipinski definition) is 3. The number of nitrogens with one attached hydrogen (secondary N) is 1. The molecule has 8 atom stereocenters. The molecule has 3 aromatic carbocycles. The van der Waals surface area contributed by atoms with E-state index in [-0.39, 0.29) is 52.2 Å². The number of carbonyl (C=O) groups is 8. The Kier molecular flexibility index (Phi) is 22.5. The molecule has 6 amide bonds. The summed E-state index contributed by atoms with van der Waals surface area (Å²) in [5, 5.41) is 14.6. The van der Waals surface area contributed by atoms with Crippen LogP contribution in [0.1, 0.15) is 77.0 Å². The van der Waals surface area contributed by atoms with Gasteiger partial charge in [0.05, 0.1) is 12.7 Å². The number of carbonyl (C=O) groups excluding carboxylic acids is 7. The molecule has 4 N–H and O–H groups in total. The highest BCUT2D eigenvalue weighted by Gasteiger charge is 2.50. The first-order chi connectivity index (χ1) is 36.0. The maximum atomic E-state index is 15.7. The highest BCUT2D eigenvalue weighted by atomic mass is 35.6. The van der Waals surface area contributed by atoms with Gasteiger partial charge in [0.1, 0.15) is 56.1 Å². The molecule has 0 spiro atoms. The number of alkyl halides is 3. The maximum absolute atomic E-state index is 15.7. The van der Waals surface area contributed by atoms with Crippen LogP contribution in [0.25, 0.3) is 0 Å². The lowest BCUT2D eigenvalue weighted by Gasteiger charge is -2.46. The van der Waals surface area contributed by atoms with Crippen molar-refractivity contribution < 1.29 is 67.2 Å². The number of likely N-dealkylation sites (tertiary alicyclic amines) is 1. The quantitative estimate of drug-likeness (QED) is 0.0467. The van der Waals surface area contributed by atoms with E-state index in [2.05, 4.69) is 5.32 Å². The third-order valence-electron chi connectivity index (χ3n) is 12.9. The summed E-state index contributed by atoms with van der Waals surface area (Å²) in [6.07, 6.45) is -4.43. The van der Waals surface area contributed by atoms with Gasteiger partial charge in [0.2, 0.25) is 15.6 Å². The van der Waals surface area contributed by atoms with Crippen LogP contribution in [0.2, 0.25) is 0 Å². The number of halogens is 3. The van der Waals surface area contributed by atoms with E-state index in [0.29, 0.717) is 17.5 Å². The summed E-state index contributed by atoms with van der Waals surface area (Å²) in [4.78, 5) is 122. The highest BCUT2D eigenvalue weighted by Crippen LogP contribution is 2.29. The molecule has 414 valence electrons. The lowest BCUT2D eigenvalue weighted by atomic mass is 9.96. The number of hydrogen-bond acceptors (Lipinski definition) is 14. The zero-order valence-electron chi connectivity index (χ0n) is 43.1. The first kappa shape index (κ1) is 60.6. The molecule has 0 aliphatic carbocycles. The van der Waals surface area contributed by atoms with Crippen LogP contribution in [0, 0.1) is 5.92 Å². The minimum atomic E-state index is -2.11. The molecule has 2 aliphatic heterocycles. The second-order valence-corrected chi connectivity index (χ2v) is 21.3. The smallest absolute Gasteiger partial charge is 0.429 e. The van der Waals surface area contributed by atoms with Gasteiger partial charge < -0.3 is 44.9 Å². The third kappa shape index (κ3) is 16.6. The van der Waals surface area contributed by atoms with E-state index in [1.54, 1.807) is 81.4 Å². The van der Waals surface area contributed by atoms with Crippen LogP contribution in [0.15, 0.2) is 91.0 Å². The molecule has 0 bridgehead atoms. The van der Waals surface area contributed by atoms with Gasteiger partial charge in [0.25, 0.3) is 11.8 Å². The molecule has 0 saturated carbocycles. The number of rotatable bonds is 22. The van der Waals surface area contributed by atoms with Crippen molar-refractivity contribution in [2.45, 2.75) is 132 Å². The molecule has 24 heteroatoms. The standard InChI is InChI=1S/C52H66Cl3N7O14/c1-32(2)43(76-49(69)41(56)35(5)72-28-36-18-10-7-11-19-36)42(57-50(70)74-31-52(53,54)55)47(66)61-39(24-17-27-60(61)51(71)73-29-37-20-12-8-13-21-37)46(65)62(75-30-38-22-14-9-15-23-38)34(4)44(63)58(6)33(3)45(64)59-26-16-25-40(59)48(67)68/h7-15,18-23,32-35,39-43H,16-17,24-31,56H2,1-6H3,(H,57,70)(H,67,68)/t33-,34+,35+,39-,40+,41-,42+,43+/m1/s1. The normalized spacial score (nSPS) is 18.1. The van der Waals surface area contributed by atoms with Crippen molar-refractivity contribution in [3.8, 4) is 0 Å². The van der Waals surface area contributed by atoms with E-state index in [1.807, 2.05) is 30.3 Å².